The number of rotatable bonds is 2. The first-order chi connectivity index (χ1) is 4.49. The maximum atomic E-state index is 5.50. The molecule has 0 saturated heterocycles. The number of hydrogen-bond acceptors (Lipinski definition) is 1. The first kappa shape index (κ1) is 9.52. The number of ether oxygens (including phenoxy) is 1. The Morgan fingerprint density at radius 1 is 1.50 bits per heavy atom. The molecule has 0 spiro atoms. The minimum Gasteiger partial charge on any atom is -0.360 e. The molecule has 0 aromatic heterocycles. The highest BCUT2D eigenvalue weighted by atomic mass is 16.5. The lowest BCUT2D eigenvalue weighted by molar-refractivity contribution is -0.0346. The highest BCUT2D eigenvalue weighted by Crippen LogP contribution is 2.11. The fourth-order valence-electron chi connectivity index (χ4n) is 0.662. The van der Waals surface area contributed by atoms with Crippen LogP contribution >= 0.6 is 0 Å². The maximum Gasteiger partial charge on any atom is 0.118 e. The zero-order valence-electron chi connectivity index (χ0n) is 7.27. The Morgan fingerprint density at radius 3 is 2.10 bits per heavy atom. The molecule has 0 bridgehead atoms. The molecular weight excluding hydrogens is 124 g/mol. The van der Waals surface area contributed by atoms with Crippen molar-refractivity contribution >= 4 is 0 Å². The highest BCUT2D eigenvalue weighted by molar-refractivity contribution is 4.94. The van der Waals surface area contributed by atoms with Gasteiger partial charge in [-0.3, -0.25) is 0 Å². The van der Waals surface area contributed by atoms with E-state index in [4.69, 9.17) is 11.2 Å². The Hall–Kier alpha value is -0.480. The van der Waals surface area contributed by atoms with E-state index in [9.17, 15) is 0 Å². The Kier molecular flexibility index (Phi) is 3.46. The smallest absolute Gasteiger partial charge is 0.118 e. The fourth-order valence-corrected chi connectivity index (χ4v) is 0.662. The third-order valence-corrected chi connectivity index (χ3v) is 1.05. The van der Waals surface area contributed by atoms with Gasteiger partial charge in [0, 0.05) is 0 Å². The second kappa shape index (κ2) is 3.63. The number of hydrogen-bond donors (Lipinski definition) is 0. The molecule has 0 aliphatic heterocycles. The molecule has 1 unspecified atom stereocenters. The van der Waals surface area contributed by atoms with Crippen molar-refractivity contribution in [3.63, 3.8) is 0 Å². The third-order valence-electron chi connectivity index (χ3n) is 1.05. The lowest BCUT2D eigenvalue weighted by atomic mass is 10.1. The summed E-state index contributed by atoms with van der Waals surface area (Å²) in [5.74, 6) is 2.59. The van der Waals surface area contributed by atoms with Crippen molar-refractivity contribution in [3.05, 3.63) is 0 Å². The van der Waals surface area contributed by atoms with Crippen molar-refractivity contribution in [2.45, 2.75) is 45.8 Å². The minimum absolute atomic E-state index is 0.0278. The van der Waals surface area contributed by atoms with Crippen molar-refractivity contribution in [2.75, 3.05) is 0 Å². The molecule has 1 nitrogen and oxygen atoms in total. The van der Waals surface area contributed by atoms with Gasteiger partial charge in [0.25, 0.3) is 0 Å². The number of terminal acetylenes is 1. The van der Waals surface area contributed by atoms with Crippen LogP contribution in [0.25, 0.3) is 0 Å². The second-order valence-electron chi connectivity index (χ2n) is 3.29. The van der Waals surface area contributed by atoms with E-state index in [-0.39, 0.29) is 11.7 Å². The first-order valence-electron chi connectivity index (χ1n) is 3.63. The Labute approximate surface area is 63.8 Å². The van der Waals surface area contributed by atoms with Crippen LogP contribution in [0.4, 0.5) is 0 Å². The Morgan fingerprint density at radius 2 is 2.00 bits per heavy atom. The summed E-state index contributed by atoms with van der Waals surface area (Å²) in [6.45, 7) is 8.04. The van der Waals surface area contributed by atoms with E-state index in [0.717, 1.165) is 6.42 Å². The monoisotopic (exact) mass is 140 g/mol. The third kappa shape index (κ3) is 4.40. The maximum absolute atomic E-state index is 5.50. The quantitative estimate of drug-likeness (QED) is 0.534. The van der Waals surface area contributed by atoms with Crippen molar-refractivity contribution < 1.29 is 4.74 Å². The van der Waals surface area contributed by atoms with Gasteiger partial charge in [0.05, 0.1) is 5.60 Å². The average molecular weight is 140 g/mol. The molecule has 0 rings (SSSR count). The van der Waals surface area contributed by atoms with Crippen molar-refractivity contribution in [2.24, 2.45) is 0 Å². The first-order valence-corrected chi connectivity index (χ1v) is 3.63. The SMILES string of the molecule is C#CC(CC)OC(C)(C)C. The average Bonchev–Trinajstić information content (AvgIpc) is 1.81. The summed E-state index contributed by atoms with van der Waals surface area (Å²) in [6.07, 6.45) is 6.07. The van der Waals surface area contributed by atoms with Crippen LogP contribution < -0.4 is 0 Å². The predicted octanol–water partition coefficient (Wildman–Crippen LogP) is 2.21. The largest absolute Gasteiger partial charge is 0.360 e. The molecule has 0 aromatic rings. The zero-order chi connectivity index (χ0) is 8.20. The van der Waals surface area contributed by atoms with Gasteiger partial charge in [-0.1, -0.05) is 12.8 Å². The molecule has 1 atom stereocenters. The van der Waals surface area contributed by atoms with Crippen LogP contribution in [0.2, 0.25) is 0 Å². The van der Waals surface area contributed by atoms with Crippen molar-refractivity contribution in [1.82, 2.24) is 0 Å². The Bertz CT molecular complexity index is 125. The molecule has 0 radical (unpaired) electrons. The molecule has 0 saturated carbocycles. The summed E-state index contributed by atoms with van der Waals surface area (Å²) in [5, 5.41) is 0. The van der Waals surface area contributed by atoms with E-state index < -0.39 is 0 Å². The standard InChI is InChI=1S/C9H16O/c1-6-8(7-2)10-9(3,4)5/h1,8H,7H2,2-5H3. The van der Waals surface area contributed by atoms with Gasteiger partial charge in [0.2, 0.25) is 0 Å². The van der Waals surface area contributed by atoms with E-state index in [1.807, 2.05) is 27.7 Å². The summed E-state index contributed by atoms with van der Waals surface area (Å²) in [6, 6.07) is 0. The van der Waals surface area contributed by atoms with Crippen LogP contribution in [0.3, 0.4) is 0 Å². The summed E-state index contributed by atoms with van der Waals surface area (Å²) in [5.41, 5.74) is -0.118. The molecule has 1 heteroatoms. The summed E-state index contributed by atoms with van der Waals surface area (Å²) < 4.78 is 5.50. The molecule has 0 aromatic carbocycles. The van der Waals surface area contributed by atoms with E-state index in [2.05, 4.69) is 5.92 Å². The summed E-state index contributed by atoms with van der Waals surface area (Å²) >= 11 is 0. The van der Waals surface area contributed by atoms with Crippen LogP contribution in [0.15, 0.2) is 0 Å². The van der Waals surface area contributed by atoms with E-state index in [1.165, 1.54) is 0 Å². The summed E-state index contributed by atoms with van der Waals surface area (Å²) in [7, 11) is 0. The molecule has 0 amide bonds. The van der Waals surface area contributed by atoms with Gasteiger partial charge in [-0.15, -0.1) is 6.42 Å². The van der Waals surface area contributed by atoms with Crippen LogP contribution in [0.1, 0.15) is 34.1 Å². The van der Waals surface area contributed by atoms with Crippen LogP contribution in [-0.4, -0.2) is 11.7 Å². The normalized spacial score (nSPS) is 14.3. The molecule has 0 heterocycles. The highest BCUT2D eigenvalue weighted by Gasteiger charge is 2.14. The van der Waals surface area contributed by atoms with Crippen LogP contribution in [0.5, 0.6) is 0 Å². The van der Waals surface area contributed by atoms with Crippen LogP contribution in [-0.2, 0) is 4.74 Å². The van der Waals surface area contributed by atoms with E-state index in [0.29, 0.717) is 0 Å². The molecule has 10 heavy (non-hydrogen) atoms. The van der Waals surface area contributed by atoms with E-state index >= 15 is 0 Å². The second-order valence-corrected chi connectivity index (χ2v) is 3.29. The molecular formula is C9H16O. The topological polar surface area (TPSA) is 9.23 Å². The van der Waals surface area contributed by atoms with Gasteiger partial charge in [-0.2, -0.15) is 0 Å². The zero-order valence-corrected chi connectivity index (χ0v) is 7.27. The van der Waals surface area contributed by atoms with E-state index in [1.54, 1.807) is 0 Å². The van der Waals surface area contributed by atoms with Gasteiger partial charge >= 0.3 is 0 Å². The van der Waals surface area contributed by atoms with Gasteiger partial charge in [-0.25, -0.2) is 0 Å². The lowest BCUT2D eigenvalue weighted by Gasteiger charge is -2.23. The predicted molar refractivity (Wildman–Crippen MR) is 43.8 cm³/mol. The van der Waals surface area contributed by atoms with Gasteiger partial charge in [-0.05, 0) is 27.2 Å². The molecule has 0 N–H and O–H groups in total. The fraction of sp³-hybridized carbons (Fsp3) is 0.778. The molecule has 58 valence electrons. The van der Waals surface area contributed by atoms with Gasteiger partial charge in [0.15, 0.2) is 0 Å². The van der Waals surface area contributed by atoms with Crippen LogP contribution in [0, 0.1) is 12.3 Å². The van der Waals surface area contributed by atoms with Crippen molar-refractivity contribution in [3.8, 4) is 12.3 Å². The summed E-state index contributed by atoms with van der Waals surface area (Å²) in [4.78, 5) is 0. The van der Waals surface area contributed by atoms with Crippen molar-refractivity contribution in [1.29, 1.82) is 0 Å². The van der Waals surface area contributed by atoms with Gasteiger partial charge < -0.3 is 4.74 Å². The van der Waals surface area contributed by atoms with Gasteiger partial charge in [0.1, 0.15) is 6.10 Å². The molecule has 0 aliphatic rings. The minimum atomic E-state index is -0.118. The lowest BCUT2D eigenvalue weighted by Crippen LogP contribution is -2.25. The Balaban J connectivity index is 3.78. The molecule has 0 fully saturated rings. The molecule has 0 aliphatic carbocycles.